The number of benzene rings is 1. The summed E-state index contributed by atoms with van der Waals surface area (Å²) in [6.45, 7) is 7.62. The van der Waals surface area contributed by atoms with Gasteiger partial charge in [0.1, 0.15) is 5.82 Å². The topological polar surface area (TPSA) is 106 Å². The first-order valence-electron chi connectivity index (χ1n) is 12.6. The number of hydrogen-bond acceptors (Lipinski definition) is 9. The third kappa shape index (κ3) is 4.64. The van der Waals surface area contributed by atoms with E-state index in [0.29, 0.717) is 62.3 Å². The fourth-order valence-electron chi connectivity index (χ4n) is 4.87. The van der Waals surface area contributed by atoms with Crippen molar-refractivity contribution in [2.24, 2.45) is 7.05 Å². The highest BCUT2D eigenvalue weighted by atomic mass is 32.1. The van der Waals surface area contributed by atoms with Crippen molar-refractivity contribution in [3.63, 3.8) is 0 Å². The molecule has 1 N–H and O–H groups in total. The van der Waals surface area contributed by atoms with Crippen LogP contribution in [0.1, 0.15) is 23.4 Å². The van der Waals surface area contributed by atoms with Gasteiger partial charge in [0.05, 0.1) is 24.2 Å². The van der Waals surface area contributed by atoms with Crippen molar-refractivity contribution in [3.05, 3.63) is 35.9 Å². The SMILES string of the molecule is CCc1nc2ccccc2n1-c1nc(N2CCOCC2)c2nc(C(=O)N3CCNCC3)n(C)c2n1.CS. The minimum Gasteiger partial charge on any atom is -0.378 e. The summed E-state index contributed by atoms with van der Waals surface area (Å²) in [5.74, 6) is 2.45. The first-order valence-corrected chi connectivity index (χ1v) is 13.5. The lowest BCUT2D eigenvalue weighted by molar-refractivity contribution is 0.0720. The molecule has 0 radical (unpaired) electrons. The maximum Gasteiger partial charge on any atom is 0.290 e. The Bertz CT molecular complexity index is 1400. The highest BCUT2D eigenvalue weighted by molar-refractivity contribution is 7.79. The maximum absolute atomic E-state index is 13.4. The standard InChI is InChI=1S/C24H29N9O2.CH4S/c1-3-18-26-16-6-4-5-7-17(16)33(18)24-28-20-19(21(29-24)31-12-14-35-15-13-31)27-22(30(20)2)23(34)32-10-8-25-9-11-32;1-2/h4-7,25H,3,8-15H2,1-2H3;2H,1H3. The number of ether oxygens (including phenoxy) is 1. The summed E-state index contributed by atoms with van der Waals surface area (Å²) in [6, 6.07) is 8.01. The normalized spacial score (nSPS) is 16.2. The summed E-state index contributed by atoms with van der Waals surface area (Å²) in [6.07, 6.45) is 2.43. The average Bonchev–Trinajstić information content (AvgIpc) is 3.51. The van der Waals surface area contributed by atoms with Gasteiger partial charge < -0.3 is 24.4 Å². The first-order chi connectivity index (χ1) is 18.2. The molecule has 2 fully saturated rings. The van der Waals surface area contributed by atoms with E-state index in [1.54, 1.807) is 10.8 Å². The lowest BCUT2D eigenvalue weighted by Gasteiger charge is -2.28. The minimum absolute atomic E-state index is 0.0798. The number of fused-ring (bicyclic) bond motifs is 2. The van der Waals surface area contributed by atoms with Gasteiger partial charge in [-0.3, -0.25) is 9.36 Å². The molecule has 0 atom stereocenters. The molecule has 0 unspecified atom stereocenters. The molecule has 37 heavy (non-hydrogen) atoms. The third-order valence-electron chi connectivity index (χ3n) is 6.74. The van der Waals surface area contributed by atoms with Crippen LogP contribution in [0, 0.1) is 0 Å². The van der Waals surface area contributed by atoms with Crippen LogP contribution in [0.2, 0.25) is 0 Å². The minimum atomic E-state index is -0.0798. The van der Waals surface area contributed by atoms with E-state index < -0.39 is 0 Å². The average molecular weight is 524 g/mol. The molecular weight excluding hydrogens is 490 g/mol. The molecular formula is C25H33N9O2S. The van der Waals surface area contributed by atoms with Crippen LogP contribution in [0.3, 0.4) is 0 Å². The van der Waals surface area contributed by atoms with Crippen LogP contribution in [0.5, 0.6) is 0 Å². The lowest BCUT2D eigenvalue weighted by Crippen LogP contribution is -2.47. The van der Waals surface area contributed by atoms with E-state index in [9.17, 15) is 4.79 Å². The number of hydrogen-bond donors (Lipinski definition) is 2. The number of piperazine rings is 1. The molecule has 196 valence electrons. The fraction of sp³-hybridized carbons (Fsp3) is 0.480. The van der Waals surface area contributed by atoms with Crippen molar-refractivity contribution in [3.8, 4) is 5.95 Å². The number of amides is 1. The van der Waals surface area contributed by atoms with Gasteiger partial charge in [-0.15, -0.1) is 0 Å². The van der Waals surface area contributed by atoms with Gasteiger partial charge in [-0.05, 0) is 18.4 Å². The van der Waals surface area contributed by atoms with E-state index in [4.69, 9.17) is 24.7 Å². The Labute approximate surface area is 221 Å². The van der Waals surface area contributed by atoms with Crippen LogP contribution in [0.4, 0.5) is 5.82 Å². The number of morpholine rings is 1. The van der Waals surface area contributed by atoms with Crippen molar-refractivity contribution < 1.29 is 9.53 Å². The summed E-state index contributed by atoms with van der Waals surface area (Å²) in [4.78, 5) is 37.0. The van der Waals surface area contributed by atoms with Gasteiger partial charge in [0, 0.05) is 52.7 Å². The second kappa shape index (κ2) is 11.0. The smallest absolute Gasteiger partial charge is 0.290 e. The number of anilines is 1. The van der Waals surface area contributed by atoms with E-state index in [2.05, 4.69) is 29.8 Å². The molecule has 2 aliphatic heterocycles. The van der Waals surface area contributed by atoms with Crippen molar-refractivity contribution in [2.75, 3.05) is 63.6 Å². The van der Waals surface area contributed by atoms with Gasteiger partial charge in [-0.2, -0.15) is 22.6 Å². The summed E-state index contributed by atoms with van der Waals surface area (Å²) >= 11 is 3.53. The zero-order valence-corrected chi connectivity index (χ0v) is 22.4. The third-order valence-corrected chi connectivity index (χ3v) is 6.74. The van der Waals surface area contributed by atoms with Gasteiger partial charge in [0.25, 0.3) is 5.91 Å². The number of rotatable bonds is 4. The Morgan fingerprint density at radius 2 is 1.76 bits per heavy atom. The molecule has 4 aromatic rings. The summed E-state index contributed by atoms with van der Waals surface area (Å²) < 4.78 is 9.41. The van der Waals surface area contributed by atoms with Crippen LogP contribution >= 0.6 is 12.6 Å². The number of imidazole rings is 2. The lowest BCUT2D eigenvalue weighted by atomic mass is 10.3. The summed E-state index contributed by atoms with van der Waals surface area (Å²) in [7, 11) is 1.86. The Morgan fingerprint density at radius 3 is 2.49 bits per heavy atom. The van der Waals surface area contributed by atoms with E-state index in [0.717, 1.165) is 42.2 Å². The molecule has 2 aliphatic rings. The molecule has 0 aliphatic carbocycles. The second-order valence-electron chi connectivity index (χ2n) is 8.86. The van der Waals surface area contributed by atoms with E-state index in [-0.39, 0.29) is 5.91 Å². The molecule has 3 aromatic heterocycles. The molecule has 2 saturated heterocycles. The predicted molar refractivity (Wildman–Crippen MR) is 147 cm³/mol. The Balaban J connectivity index is 0.00000137. The van der Waals surface area contributed by atoms with Crippen molar-refractivity contribution in [1.82, 2.24) is 39.3 Å². The Morgan fingerprint density at radius 1 is 1.03 bits per heavy atom. The summed E-state index contributed by atoms with van der Waals surface area (Å²) in [5.41, 5.74) is 3.13. The molecule has 0 bridgehead atoms. The Hall–Kier alpha value is -3.22. The van der Waals surface area contributed by atoms with E-state index >= 15 is 0 Å². The van der Waals surface area contributed by atoms with Crippen LogP contribution < -0.4 is 10.2 Å². The van der Waals surface area contributed by atoms with Crippen LogP contribution in [-0.2, 0) is 18.2 Å². The number of para-hydroxylation sites is 2. The van der Waals surface area contributed by atoms with Crippen molar-refractivity contribution >= 4 is 46.6 Å². The number of nitrogens with one attached hydrogen (secondary N) is 1. The van der Waals surface area contributed by atoms with Crippen molar-refractivity contribution in [1.29, 1.82) is 0 Å². The maximum atomic E-state index is 13.4. The highest BCUT2D eigenvalue weighted by Gasteiger charge is 2.28. The van der Waals surface area contributed by atoms with Gasteiger partial charge in [0.2, 0.25) is 11.8 Å². The molecule has 12 heteroatoms. The van der Waals surface area contributed by atoms with Gasteiger partial charge in [-0.1, -0.05) is 19.1 Å². The number of carbonyl (C=O) groups is 1. The van der Waals surface area contributed by atoms with Crippen molar-refractivity contribution in [2.45, 2.75) is 13.3 Å². The number of aromatic nitrogens is 6. The van der Waals surface area contributed by atoms with E-state index in [1.165, 1.54) is 0 Å². The summed E-state index contributed by atoms with van der Waals surface area (Å²) in [5, 5.41) is 3.29. The first kappa shape index (κ1) is 25.4. The molecule has 11 nitrogen and oxygen atoms in total. The number of carbonyl (C=O) groups excluding carboxylic acids is 1. The zero-order valence-electron chi connectivity index (χ0n) is 21.5. The van der Waals surface area contributed by atoms with E-state index in [1.807, 2.05) is 40.8 Å². The largest absolute Gasteiger partial charge is 0.378 e. The molecule has 5 heterocycles. The second-order valence-corrected chi connectivity index (χ2v) is 8.86. The molecule has 0 spiro atoms. The van der Waals surface area contributed by atoms with Gasteiger partial charge in [-0.25, -0.2) is 9.97 Å². The number of nitrogens with zero attached hydrogens (tertiary/aromatic N) is 8. The molecule has 1 amide bonds. The fourth-order valence-corrected chi connectivity index (χ4v) is 4.87. The zero-order chi connectivity index (χ0) is 25.9. The molecule has 0 saturated carbocycles. The highest BCUT2D eigenvalue weighted by Crippen LogP contribution is 2.28. The van der Waals surface area contributed by atoms with Crippen LogP contribution in [0.15, 0.2) is 24.3 Å². The number of thiol groups is 1. The monoisotopic (exact) mass is 523 g/mol. The quantitative estimate of drug-likeness (QED) is 0.390. The predicted octanol–water partition coefficient (Wildman–Crippen LogP) is 1.69. The molecule has 1 aromatic carbocycles. The van der Waals surface area contributed by atoms with Gasteiger partial charge in [0.15, 0.2) is 17.0 Å². The number of aryl methyl sites for hydroxylation is 2. The molecule has 6 rings (SSSR count). The van der Waals surface area contributed by atoms with Gasteiger partial charge >= 0.3 is 0 Å². The van der Waals surface area contributed by atoms with Crippen LogP contribution in [-0.4, -0.2) is 98.6 Å². The Kier molecular flexibility index (Phi) is 7.58. The van der Waals surface area contributed by atoms with Crippen LogP contribution in [0.25, 0.3) is 28.1 Å².